The molecule has 250 valence electrons. The fourth-order valence-corrected chi connectivity index (χ4v) is 7.35. The Hall–Kier alpha value is -5.23. The van der Waals surface area contributed by atoms with Gasteiger partial charge in [-0.25, -0.2) is 29.1 Å². The number of ether oxygens (including phenoxy) is 2. The minimum Gasteiger partial charge on any atom is -0.473 e. The summed E-state index contributed by atoms with van der Waals surface area (Å²) in [5.41, 5.74) is 2.42. The summed E-state index contributed by atoms with van der Waals surface area (Å²) in [6, 6.07) is 21.0. The fraction of sp³-hybridized carbons (Fsp3) is 0.297. The van der Waals surface area contributed by atoms with E-state index >= 15 is 0 Å². The van der Waals surface area contributed by atoms with Crippen LogP contribution in [0.5, 0.6) is 5.88 Å². The van der Waals surface area contributed by atoms with Crippen molar-refractivity contribution in [2.75, 3.05) is 13.1 Å². The molecule has 5 aromatic rings. The number of likely N-dealkylation sites (tertiary alicyclic amines) is 1. The Morgan fingerprint density at radius 2 is 1.78 bits per heavy atom. The van der Waals surface area contributed by atoms with Crippen molar-refractivity contribution in [3.63, 3.8) is 0 Å². The molecule has 3 atom stereocenters. The second-order valence-electron chi connectivity index (χ2n) is 13.2. The molecule has 3 aromatic heterocycles. The number of halogens is 1. The van der Waals surface area contributed by atoms with Crippen LogP contribution >= 0.6 is 11.3 Å². The van der Waals surface area contributed by atoms with E-state index in [1.165, 1.54) is 23.5 Å². The Morgan fingerprint density at radius 3 is 2.47 bits per heavy atom. The van der Waals surface area contributed by atoms with Gasteiger partial charge in [0.15, 0.2) is 10.8 Å². The minimum atomic E-state index is -0.869. The van der Waals surface area contributed by atoms with Crippen molar-refractivity contribution < 1.29 is 23.5 Å². The number of amides is 2. The van der Waals surface area contributed by atoms with Crippen LogP contribution in [0.25, 0.3) is 22.1 Å². The zero-order valence-electron chi connectivity index (χ0n) is 27.5. The molecule has 0 radical (unpaired) electrons. The molecule has 2 amide bonds. The van der Waals surface area contributed by atoms with Crippen LogP contribution in [0, 0.1) is 24.1 Å². The molecule has 1 saturated carbocycles. The standard InChI is InChI=1S/C37H35FN6O4S/c1-22-30(49-33(41-22)32-39-15-8-16-40-32)34(45)44-19-27-31(37(27,4)21-44)48-29-18-25(17-28(42-29)24-11-13-26(38)14-12-24)36(2,3)43-35(46)47-20-23-9-6-5-7-10-23/h5-18,27,31H,19-21H2,1-4H3,(H,43,46)/t27-,31-,37-/m0/s1. The molecule has 1 N–H and O–H groups in total. The highest BCUT2D eigenvalue weighted by Crippen LogP contribution is 2.59. The number of nitrogens with zero attached hydrogens (tertiary/aromatic N) is 5. The molecule has 1 aliphatic carbocycles. The number of fused-ring (bicyclic) bond motifs is 1. The van der Waals surface area contributed by atoms with E-state index in [1.807, 2.05) is 68.1 Å². The van der Waals surface area contributed by atoms with E-state index in [2.05, 4.69) is 27.2 Å². The average Bonchev–Trinajstić information content (AvgIpc) is 3.36. The van der Waals surface area contributed by atoms with Crippen LogP contribution in [-0.2, 0) is 16.9 Å². The van der Waals surface area contributed by atoms with Crippen molar-refractivity contribution >= 4 is 23.3 Å². The van der Waals surface area contributed by atoms with Gasteiger partial charge >= 0.3 is 6.09 Å². The molecular formula is C37H35FN6O4S. The monoisotopic (exact) mass is 678 g/mol. The van der Waals surface area contributed by atoms with E-state index in [4.69, 9.17) is 14.5 Å². The van der Waals surface area contributed by atoms with Gasteiger partial charge in [-0.1, -0.05) is 37.3 Å². The van der Waals surface area contributed by atoms with Gasteiger partial charge in [0.1, 0.15) is 23.4 Å². The molecule has 49 heavy (non-hydrogen) atoms. The topological polar surface area (TPSA) is 119 Å². The molecule has 2 aliphatic rings. The highest BCUT2D eigenvalue weighted by atomic mass is 32.1. The molecule has 2 aromatic carbocycles. The number of aromatic nitrogens is 4. The van der Waals surface area contributed by atoms with Crippen LogP contribution in [0.15, 0.2) is 85.2 Å². The number of hydrogen-bond acceptors (Lipinski definition) is 9. The molecule has 0 spiro atoms. The van der Waals surface area contributed by atoms with Crippen LogP contribution in [0.4, 0.5) is 9.18 Å². The van der Waals surface area contributed by atoms with Gasteiger partial charge in [0.2, 0.25) is 5.88 Å². The lowest BCUT2D eigenvalue weighted by Gasteiger charge is -2.28. The van der Waals surface area contributed by atoms with Gasteiger partial charge in [0.25, 0.3) is 5.91 Å². The highest BCUT2D eigenvalue weighted by molar-refractivity contribution is 7.17. The van der Waals surface area contributed by atoms with E-state index in [0.29, 0.717) is 51.6 Å². The van der Waals surface area contributed by atoms with Gasteiger partial charge < -0.3 is 19.7 Å². The molecule has 0 bridgehead atoms. The zero-order chi connectivity index (χ0) is 34.3. The van der Waals surface area contributed by atoms with Gasteiger partial charge in [-0.15, -0.1) is 11.3 Å². The summed E-state index contributed by atoms with van der Waals surface area (Å²) in [6.07, 6.45) is 2.58. The minimum absolute atomic E-state index is 0.0601. The van der Waals surface area contributed by atoms with Crippen molar-refractivity contribution in [3.8, 4) is 28.0 Å². The molecular weight excluding hydrogens is 644 g/mol. The molecule has 0 unspecified atom stereocenters. The number of hydrogen-bond donors (Lipinski definition) is 1. The lowest BCUT2D eigenvalue weighted by atomic mass is 9.93. The summed E-state index contributed by atoms with van der Waals surface area (Å²) in [6.45, 7) is 8.91. The maximum absolute atomic E-state index is 13.8. The summed E-state index contributed by atoms with van der Waals surface area (Å²) >= 11 is 1.31. The van der Waals surface area contributed by atoms with E-state index in [9.17, 15) is 14.0 Å². The SMILES string of the molecule is Cc1nc(-c2ncccn2)sc1C(=O)N1C[C@H]2[C@H](Oc3cc(C(C)(C)NC(=O)OCc4ccccc4)cc(-c4ccc(F)cc4)n3)[C@@]2(C)C1. The second kappa shape index (κ2) is 12.7. The fourth-order valence-electron chi connectivity index (χ4n) is 6.37. The first-order chi connectivity index (χ1) is 23.5. The number of benzene rings is 2. The number of aryl methyl sites for hydroxylation is 1. The quantitative estimate of drug-likeness (QED) is 0.181. The van der Waals surface area contributed by atoms with Gasteiger partial charge in [-0.2, -0.15) is 0 Å². The summed E-state index contributed by atoms with van der Waals surface area (Å²) in [5, 5.41) is 3.58. The first-order valence-electron chi connectivity index (χ1n) is 16.0. The maximum atomic E-state index is 13.8. The van der Waals surface area contributed by atoms with Gasteiger partial charge in [0, 0.05) is 48.4 Å². The van der Waals surface area contributed by atoms with Crippen molar-refractivity contribution in [3.05, 3.63) is 113 Å². The molecule has 1 aliphatic heterocycles. The Labute approximate surface area is 287 Å². The third-order valence-corrected chi connectivity index (χ3v) is 10.4. The van der Waals surface area contributed by atoms with E-state index in [1.54, 1.807) is 30.6 Å². The lowest BCUT2D eigenvalue weighted by Crippen LogP contribution is -2.41. The predicted octanol–water partition coefficient (Wildman–Crippen LogP) is 6.81. The van der Waals surface area contributed by atoms with Crippen LogP contribution in [0.3, 0.4) is 0 Å². The smallest absolute Gasteiger partial charge is 0.408 e. The average molecular weight is 679 g/mol. The second-order valence-corrected chi connectivity index (χ2v) is 14.2. The maximum Gasteiger partial charge on any atom is 0.408 e. The van der Waals surface area contributed by atoms with Crippen molar-refractivity contribution in [1.29, 1.82) is 0 Å². The Balaban J connectivity index is 1.07. The van der Waals surface area contributed by atoms with Crippen molar-refractivity contribution in [2.45, 2.75) is 45.9 Å². The molecule has 2 fully saturated rings. The summed E-state index contributed by atoms with van der Waals surface area (Å²) in [7, 11) is 0. The van der Waals surface area contributed by atoms with E-state index < -0.39 is 11.6 Å². The number of carbonyl (C=O) groups excluding carboxylic acids is 2. The van der Waals surface area contributed by atoms with E-state index in [-0.39, 0.29) is 35.8 Å². The van der Waals surface area contributed by atoms with Gasteiger partial charge in [0.05, 0.1) is 16.9 Å². The first kappa shape index (κ1) is 32.3. The molecule has 4 heterocycles. The largest absolute Gasteiger partial charge is 0.473 e. The lowest BCUT2D eigenvalue weighted by molar-refractivity contribution is 0.0735. The number of carbonyl (C=O) groups is 2. The Bertz CT molecular complexity index is 2010. The number of pyridine rings is 1. The van der Waals surface area contributed by atoms with Crippen molar-refractivity contribution in [1.82, 2.24) is 30.2 Å². The first-order valence-corrected chi connectivity index (χ1v) is 16.8. The molecule has 12 heteroatoms. The number of alkyl carbamates (subject to hydrolysis) is 1. The normalized spacial score (nSPS) is 19.7. The van der Waals surface area contributed by atoms with Crippen molar-refractivity contribution in [2.24, 2.45) is 11.3 Å². The molecule has 7 rings (SSSR count). The predicted molar refractivity (Wildman–Crippen MR) is 182 cm³/mol. The highest BCUT2D eigenvalue weighted by Gasteiger charge is 2.69. The Kier molecular flexibility index (Phi) is 8.35. The number of rotatable bonds is 9. The zero-order valence-corrected chi connectivity index (χ0v) is 28.3. The third kappa shape index (κ3) is 6.60. The molecule has 10 nitrogen and oxygen atoms in total. The van der Waals surface area contributed by atoms with E-state index in [0.717, 1.165) is 11.1 Å². The Morgan fingerprint density at radius 1 is 1.04 bits per heavy atom. The van der Waals surface area contributed by atoms with Gasteiger partial charge in [-0.3, -0.25) is 4.79 Å². The van der Waals surface area contributed by atoms with Crippen LogP contribution in [-0.4, -0.2) is 56.0 Å². The number of piperidine rings is 1. The van der Waals surface area contributed by atoms with Crippen LogP contribution in [0.2, 0.25) is 0 Å². The number of nitrogens with one attached hydrogen (secondary N) is 1. The number of thiazole rings is 1. The molecule has 1 saturated heterocycles. The van der Waals surface area contributed by atoms with Crippen LogP contribution < -0.4 is 10.1 Å². The summed E-state index contributed by atoms with van der Waals surface area (Å²) < 4.78 is 25.8. The summed E-state index contributed by atoms with van der Waals surface area (Å²) in [4.78, 5) is 46.8. The van der Waals surface area contributed by atoms with Gasteiger partial charge in [-0.05, 0) is 68.3 Å². The third-order valence-electron chi connectivity index (χ3n) is 9.28. The van der Waals surface area contributed by atoms with Crippen LogP contribution in [0.1, 0.15) is 47.3 Å². The summed E-state index contributed by atoms with van der Waals surface area (Å²) in [5.74, 6) is 0.580.